The summed E-state index contributed by atoms with van der Waals surface area (Å²) >= 11 is 6.01. The second kappa shape index (κ2) is 8.84. The van der Waals surface area contributed by atoms with Gasteiger partial charge in [-0.1, -0.05) is 48.0 Å². The van der Waals surface area contributed by atoms with Crippen molar-refractivity contribution >= 4 is 28.4 Å². The number of halogens is 1. The van der Waals surface area contributed by atoms with Crippen LogP contribution in [0.3, 0.4) is 0 Å². The predicted molar refractivity (Wildman–Crippen MR) is 130 cm³/mol. The minimum atomic E-state index is -0.671. The lowest BCUT2D eigenvalue weighted by Crippen LogP contribution is -2.28. The van der Waals surface area contributed by atoms with Crippen LogP contribution >= 0.6 is 11.6 Å². The second-order valence-corrected chi connectivity index (χ2v) is 8.15. The van der Waals surface area contributed by atoms with E-state index in [0.717, 1.165) is 27.6 Å². The Hall–Kier alpha value is -4.03. The maximum atomic E-state index is 12.5. The maximum Gasteiger partial charge on any atom is 0.242 e. The third-order valence-electron chi connectivity index (χ3n) is 5.57. The lowest BCUT2D eigenvalue weighted by molar-refractivity contribution is -0.121. The molecule has 0 saturated carbocycles. The first-order valence-corrected chi connectivity index (χ1v) is 10.9. The van der Waals surface area contributed by atoms with Gasteiger partial charge in [0.15, 0.2) is 0 Å². The van der Waals surface area contributed by atoms with Crippen molar-refractivity contribution in [3.05, 3.63) is 102 Å². The molecule has 3 heterocycles. The van der Waals surface area contributed by atoms with E-state index in [1.54, 1.807) is 29.2 Å². The van der Waals surface area contributed by atoms with Crippen LogP contribution in [0.2, 0.25) is 5.02 Å². The number of hydrogen-bond donors (Lipinski definition) is 1. The molecule has 0 aliphatic rings. The van der Waals surface area contributed by atoms with Crippen LogP contribution in [0.25, 0.3) is 33.4 Å². The van der Waals surface area contributed by atoms with Crippen molar-refractivity contribution in [2.75, 3.05) is 0 Å². The van der Waals surface area contributed by atoms with Crippen LogP contribution in [0.15, 0.2) is 91.4 Å². The molecule has 5 aromatic rings. The van der Waals surface area contributed by atoms with Crippen molar-refractivity contribution in [2.45, 2.75) is 12.5 Å². The van der Waals surface area contributed by atoms with Gasteiger partial charge in [-0.3, -0.25) is 19.4 Å². The van der Waals surface area contributed by atoms with E-state index in [-0.39, 0.29) is 0 Å². The van der Waals surface area contributed by atoms with Gasteiger partial charge in [-0.2, -0.15) is 5.10 Å². The summed E-state index contributed by atoms with van der Waals surface area (Å²) in [5.41, 5.74) is 10.8. The lowest BCUT2D eigenvalue weighted by Gasteiger charge is -2.14. The van der Waals surface area contributed by atoms with E-state index in [4.69, 9.17) is 22.4 Å². The van der Waals surface area contributed by atoms with Crippen molar-refractivity contribution in [3.8, 4) is 22.5 Å². The molecule has 162 valence electrons. The molecule has 7 heteroatoms. The molecule has 0 fully saturated rings. The molecule has 2 N–H and O–H groups in total. The first-order valence-electron chi connectivity index (χ1n) is 10.5. The number of rotatable bonds is 6. The number of fused-ring (bicyclic) bond motifs is 1. The van der Waals surface area contributed by atoms with E-state index in [2.05, 4.69) is 9.97 Å². The summed E-state index contributed by atoms with van der Waals surface area (Å²) in [6.07, 6.45) is 5.77. The number of pyridine rings is 2. The molecule has 0 bridgehead atoms. The normalized spacial score (nSPS) is 12.0. The minimum Gasteiger partial charge on any atom is -0.368 e. The molecule has 2 aromatic carbocycles. The van der Waals surface area contributed by atoms with Crippen LogP contribution in [0.4, 0.5) is 0 Å². The first kappa shape index (κ1) is 20.8. The highest BCUT2D eigenvalue weighted by molar-refractivity contribution is 6.30. The van der Waals surface area contributed by atoms with E-state index in [1.165, 1.54) is 0 Å². The zero-order valence-electron chi connectivity index (χ0n) is 17.6. The topological polar surface area (TPSA) is 86.7 Å². The molecule has 5 rings (SSSR count). The van der Waals surface area contributed by atoms with Gasteiger partial charge in [0.25, 0.3) is 0 Å². The van der Waals surface area contributed by atoms with Crippen LogP contribution in [-0.4, -0.2) is 25.7 Å². The monoisotopic (exact) mass is 453 g/mol. The Balaban J connectivity index is 1.67. The van der Waals surface area contributed by atoms with Crippen LogP contribution < -0.4 is 5.73 Å². The summed E-state index contributed by atoms with van der Waals surface area (Å²) in [6, 6.07) is 22.2. The fourth-order valence-electron chi connectivity index (χ4n) is 3.94. The molecule has 1 amide bonds. The third kappa shape index (κ3) is 4.21. The fourth-order valence-corrected chi connectivity index (χ4v) is 4.07. The number of nitrogens with zero attached hydrogens (tertiary/aromatic N) is 4. The highest BCUT2D eigenvalue weighted by Gasteiger charge is 2.24. The number of para-hydroxylation sites is 1. The third-order valence-corrected chi connectivity index (χ3v) is 5.82. The van der Waals surface area contributed by atoms with Crippen molar-refractivity contribution in [2.24, 2.45) is 5.73 Å². The molecule has 1 atom stereocenters. The molecular formula is C26H20ClN5O. The van der Waals surface area contributed by atoms with Gasteiger partial charge in [0.2, 0.25) is 5.91 Å². The van der Waals surface area contributed by atoms with E-state index >= 15 is 0 Å². The van der Waals surface area contributed by atoms with Gasteiger partial charge >= 0.3 is 0 Å². The van der Waals surface area contributed by atoms with Gasteiger partial charge in [0, 0.05) is 41.0 Å². The molecular weight excluding hydrogens is 434 g/mol. The summed E-state index contributed by atoms with van der Waals surface area (Å²) in [5.74, 6) is -0.467. The lowest BCUT2D eigenvalue weighted by atomic mass is 10.0. The van der Waals surface area contributed by atoms with E-state index in [1.807, 2.05) is 66.9 Å². The van der Waals surface area contributed by atoms with E-state index in [9.17, 15) is 4.79 Å². The minimum absolute atomic E-state index is 0.395. The highest BCUT2D eigenvalue weighted by atomic mass is 35.5. The Bertz CT molecular complexity index is 1430. The Labute approximate surface area is 195 Å². The number of aromatic nitrogens is 4. The number of hydrogen-bond acceptors (Lipinski definition) is 4. The fraction of sp³-hybridized carbons (Fsp3) is 0.0769. The molecule has 0 aliphatic carbocycles. The average Bonchev–Trinajstić information content (AvgIpc) is 3.28. The van der Waals surface area contributed by atoms with Crippen LogP contribution in [0.5, 0.6) is 0 Å². The van der Waals surface area contributed by atoms with Gasteiger partial charge in [-0.25, -0.2) is 0 Å². The van der Waals surface area contributed by atoms with Crippen LogP contribution in [0.1, 0.15) is 11.6 Å². The molecule has 0 saturated heterocycles. The van der Waals surface area contributed by atoms with E-state index < -0.39 is 11.9 Å². The van der Waals surface area contributed by atoms with Crippen LogP contribution in [0, 0.1) is 0 Å². The molecule has 6 nitrogen and oxygen atoms in total. The summed E-state index contributed by atoms with van der Waals surface area (Å²) in [4.78, 5) is 21.5. The standard InChI is InChI=1S/C26H20ClN5O/c27-18-10-8-17(9-11-18)15-24(26(28)33)32-16-21(25(31-32)23-7-3-4-13-29-23)19-12-14-30-22-6-2-1-5-20(19)22/h1-14,16,24H,15H2,(H2,28,33). The van der Waals surface area contributed by atoms with Crippen molar-refractivity contribution in [1.82, 2.24) is 19.7 Å². The molecule has 0 radical (unpaired) electrons. The smallest absolute Gasteiger partial charge is 0.242 e. The Morgan fingerprint density at radius 2 is 1.70 bits per heavy atom. The van der Waals surface area contributed by atoms with Gasteiger partial charge in [0.05, 0.1) is 11.2 Å². The Morgan fingerprint density at radius 3 is 2.45 bits per heavy atom. The second-order valence-electron chi connectivity index (χ2n) is 7.71. The number of benzene rings is 2. The number of amides is 1. The molecule has 1 unspecified atom stereocenters. The van der Waals surface area contributed by atoms with E-state index in [0.29, 0.717) is 22.8 Å². The number of carbonyl (C=O) groups is 1. The molecule has 3 aromatic heterocycles. The largest absolute Gasteiger partial charge is 0.368 e. The molecule has 33 heavy (non-hydrogen) atoms. The molecule has 0 aliphatic heterocycles. The quantitative estimate of drug-likeness (QED) is 0.388. The molecule has 0 spiro atoms. The van der Waals surface area contributed by atoms with Gasteiger partial charge in [0.1, 0.15) is 11.7 Å². The summed E-state index contributed by atoms with van der Waals surface area (Å²) in [7, 11) is 0. The zero-order chi connectivity index (χ0) is 22.8. The Morgan fingerprint density at radius 1 is 0.909 bits per heavy atom. The number of nitrogens with two attached hydrogens (primary N) is 1. The predicted octanol–water partition coefficient (Wildman–Crippen LogP) is 5.08. The van der Waals surface area contributed by atoms with Gasteiger partial charge < -0.3 is 5.73 Å². The van der Waals surface area contributed by atoms with Crippen molar-refractivity contribution in [1.29, 1.82) is 0 Å². The highest BCUT2D eigenvalue weighted by Crippen LogP contribution is 2.35. The SMILES string of the molecule is NC(=O)C(Cc1ccc(Cl)cc1)n1cc(-c2ccnc3ccccc23)c(-c2ccccn2)n1. The van der Waals surface area contributed by atoms with Crippen LogP contribution in [-0.2, 0) is 11.2 Å². The summed E-state index contributed by atoms with van der Waals surface area (Å²) in [5, 5.41) is 6.43. The van der Waals surface area contributed by atoms with Gasteiger partial charge in [-0.15, -0.1) is 0 Å². The maximum absolute atomic E-state index is 12.5. The zero-order valence-corrected chi connectivity index (χ0v) is 18.4. The van der Waals surface area contributed by atoms with Crippen molar-refractivity contribution < 1.29 is 4.79 Å². The Kier molecular flexibility index (Phi) is 5.59. The number of carbonyl (C=O) groups excluding carboxylic acids is 1. The summed E-state index contributed by atoms with van der Waals surface area (Å²) < 4.78 is 1.64. The number of primary amides is 1. The van der Waals surface area contributed by atoms with Gasteiger partial charge in [-0.05, 0) is 47.5 Å². The average molecular weight is 454 g/mol. The van der Waals surface area contributed by atoms with Crippen molar-refractivity contribution in [3.63, 3.8) is 0 Å². The first-order chi connectivity index (χ1) is 16.1. The summed E-state index contributed by atoms with van der Waals surface area (Å²) in [6.45, 7) is 0.